The quantitative estimate of drug-likeness (QED) is 0.299. The first kappa shape index (κ1) is 13.2. The maximum atomic E-state index is 12.0. The van der Waals surface area contributed by atoms with Crippen LogP contribution in [0.5, 0.6) is 0 Å². The Morgan fingerprint density at radius 3 is 2.78 bits per heavy atom. The molecule has 4 atom stereocenters. The van der Waals surface area contributed by atoms with Gasteiger partial charge in [0.05, 0.1) is 5.92 Å². The molecule has 0 saturated heterocycles. The minimum atomic E-state index is -0.506. The highest BCUT2D eigenvalue weighted by Crippen LogP contribution is 2.47. The molecule has 0 heterocycles. The summed E-state index contributed by atoms with van der Waals surface area (Å²) in [4.78, 5) is 12.0. The zero-order valence-corrected chi connectivity index (χ0v) is 10.9. The van der Waals surface area contributed by atoms with Gasteiger partial charge in [-0.05, 0) is 43.4 Å². The Morgan fingerprint density at radius 1 is 1.50 bits per heavy atom. The lowest BCUT2D eigenvalue weighted by atomic mass is 9.88. The fraction of sp³-hybridized carbons (Fsp3) is 0.846. The second kappa shape index (κ2) is 5.59. The van der Waals surface area contributed by atoms with Gasteiger partial charge < -0.3 is 16.3 Å². The van der Waals surface area contributed by atoms with Crippen molar-refractivity contribution in [3.63, 3.8) is 0 Å². The van der Waals surface area contributed by atoms with Crippen molar-refractivity contribution in [3.8, 4) is 0 Å². The van der Waals surface area contributed by atoms with Gasteiger partial charge in [-0.1, -0.05) is 18.5 Å². The maximum absolute atomic E-state index is 12.0. The van der Waals surface area contributed by atoms with Gasteiger partial charge >= 0.3 is 0 Å². The standard InChI is InChI=1S/C13H23N3O2/c1-2-11(12(14)16-18)13(17)15-7-10-6-8-3-4-9(10)5-8/h8-11,18H,2-7H2,1H3,(H2,14,16)(H,15,17). The Kier molecular flexibility index (Phi) is 4.09. The average molecular weight is 253 g/mol. The molecular weight excluding hydrogens is 230 g/mol. The minimum absolute atomic E-state index is 0.00272. The van der Waals surface area contributed by atoms with Gasteiger partial charge in [-0.2, -0.15) is 0 Å². The number of carbonyl (C=O) groups excluding carboxylic acids is 1. The molecule has 0 aromatic carbocycles. The van der Waals surface area contributed by atoms with Gasteiger partial charge in [-0.3, -0.25) is 4.79 Å². The summed E-state index contributed by atoms with van der Waals surface area (Å²) in [6.45, 7) is 2.61. The molecule has 2 aliphatic rings. The molecule has 0 aliphatic heterocycles. The lowest BCUT2D eigenvalue weighted by Crippen LogP contribution is -2.41. The first-order valence-corrected chi connectivity index (χ1v) is 6.90. The van der Waals surface area contributed by atoms with Gasteiger partial charge in [-0.25, -0.2) is 0 Å². The van der Waals surface area contributed by atoms with Gasteiger partial charge in [0.25, 0.3) is 0 Å². The lowest BCUT2D eigenvalue weighted by molar-refractivity contribution is -0.123. The molecule has 4 unspecified atom stereocenters. The molecule has 0 aromatic heterocycles. The number of hydrogen-bond donors (Lipinski definition) is 3. The molecule has 5 heteroatoms. The molecule has 18 heavy (non-hydrogen) atoms. The number of nitrogens with zero attached hydrogens (tertiary/aromatic N) is 1. The Hall–Kier alpha value is -1.26. The van der Waals surface area contributed by atoms with Crippen molar-refractivity contribution in [1.82, 2.24) is 5.32 Å². The number of hydrogen-bond acceptors (Lipinski definition) is 3. The van der Waals surface area contributed by atoms with Crippen molar-refractivity contribution in [3.05, 3.63) is 0 Å². The van der Waals surface area contributed by atoms with E-state index in [9.17, 15) is 4.79 Å². The molecule has 1 amide bonds. The van der Waals surface area contributed by atoms with E-state index in [-0.39, 0.29) is 11.7 Å². The second-order valence-corrected chi connectivity index (χ2v) is 5.67. The van der Waals surface area contributed by atoms with Crippen LogP contribution in [0.2, 0.25) is 0 Å². The van der Waals surface area contributed by atoms with E-state index in [2.05, 4.69) is 10.5 Å². The summed E-state index contributed by atoms with van der Waals surface area (Å²) in [5, 5.41) is 14.5. The van der Waals surface area contributed by atoms with Crippen LogP contribution in [0.4, 0.5) is 0 Å². The number of oxime groups is 1. The second-order valence-electron chi connectivity index (χ2n) is 5.67. The number of carbonyl (C=O) groups is 1. The molecule has 0 aromatic rings. The summed E-state index contributed by atoms with van der Waals surface area (Å²) in [6.07, 6.45) is 5.85. The lowest BCUT2D eigenvalue weighted by Gasteiger charge is -2.23. The summed E-state index contributed by atoms with van der Waals surface area (Å²) >= 11 is 0. The number of nitrogens with two attached hydrogens (primary N) is 1. The van der Waals surface area contributed by atoms with Crippen molar-refractivity contribution in [2.45, 2.75) is 39.0 Å². The van der Waals surface area contributed by atoms with Crippen LogP contribution in [0.3, 0.4) is 0 Å². The van der Waals surface area contributed by atoms with E-state index in [1.165, 1.54) is 25.7 Å². The molecule has 2 bridgehead atoms. The molecule has 2 rings (SSSR count). The van der Waals surface area contributed by atoms with Gasteiger partial charge in [0.2, 0.25) is 5.91 Å². The Labute approximate surface area is 108 Å². The fourth-order valence-electron chi connectivity index (χ4n) is 3.58. The van der Waals surface area contributed by atoms with E-state index < -0.39 is 5.92 Å². The van der Waals surface area contributed by atoms with Crippen LogP contribution in [-0.2, 0) is 4.79 Å². The normalized spacial score (nSPS) is 32.5. The highest BCUT2D eigenvalue weighted by molar-refractivity contribution is 6.01. The maximum Gasteiger partial charge on any atom is 0.230 e. The van der Waals surface area contributed by atoms with Gasteiger partial charge in [-0.15, -0.1) is 0 Å². The minimum Gasteiger partial charge on any atom is -0.409 e. The molecule has 4 N–H and O–H groups in total. The van der Waals surface area contributed by atoms with Crippen LogP contribution in [0.25, 0.3) is 0 Å². The van der Waals surface area contributed by atoms with Gasteiger partial charge in [0.15, 0.2) is 5.84 Å². The topological polar surface area (TPSA) is 87.7 Å². The third kappa shape index (κ3) is 2.60. The van der Waals surface area contributed by atoms with Crippen LogP contribution in [-0.4, -0.2) is 23.5 Å². The smallest absolute Gasteiger partial charge is 0.230 e. The predicted molar refractivity (Wildman–Crippen MR) is 69.1 cm³/mol. The van der Waals surface area contributed by atoms with Crippen molar-refractivity contribution in [2.75, 3.05) is 6.54 Å². The van der Waals surface area contributed by atoms with E-state index in [0.29, 0.717) is 12.3 Å². The van der Waals surface area contributed by atoms with E-state index in [4.69, 9.17) is 10.9 Å². The predicted octanol–water partition coefficient (Wildman–Crippen LogP) is 1.31. The van der Waals surface area contributed by atoms with Crippen LogP contribution >= 0.6 is 0 Å². The van der Waals surface area contributed by atoms with Crippen molar-refractivity contribution in [1.29, 1.82) is 0 Å². The summed E-state index contributed by atoms with van der Waals surface area (Å²) in [5.74, 6) is 1.71. The number of fused-ring (bicyclic) bond motifs is 2. The van der Waals surface area contributed by atoms with E-state index in [1.54, 1.807) is 0 Å². The number of amides is 1. The zero-order chi connectivity index (χ0) is 13.1. The summed E-state index contributed by atoms with van der Waals surface area (Å²) < 4.78 is 0. The number of rotatable bonds is 5. The third-order valence-corrected chi connectivity index (χ3v) is 4.62. The Balaban J connectivity index is 1.81. The van der Waals surface area contributed by atoms with Gasteiger partial charge in [0.1, 0.15) is 0 Å². The van der Waals surface area contributed by atoms with Crippen LogP contribution < -0.4 is 11.1 Å². The monoisotopic (exact) mass is 253 g/mol. The van der Waals surface area contributed by atoms with Crippen LogP contribution in [0.1, 0.15) is 39.0 Å². The van der Waals surface area contributed by atoms with Crippen LogP contribution in [0, 0.1) is 23.7 Å². The molecule has 2 saturated carbocycles. The highest BCUT2D eigenvalue weighted by atomic mass is 16.4. The third-order valence-electron chi connectivity index (χ3n) is 4.62. The Morgan fingerprint density at radius 2 is 2.28 bits per heavy atom. The molecule has 2 fully saturated rings. The van der Waals surface area contributed by atoms with E-state index in [1.807, 2.05) is 6.92 Å². The Bertz CT molecular complexity index is 343. The molecule has 0 radical (unpaired) electrons. The van der Waals surface area contributed by atoms with E-state index >= 15 is 0 Å². The molecular formula is C13H23N3O2. The van der Waals surface area contributed by atoms with Gasteiger partial charge in [0, 0.05) is 6.54 Å². The summed E-state index contributed by atoms with van der Waals surface area (Å²) in [5.41, 5.74) is 5.51. The number of nitrogens with one attached hydrogen (secondary N) is 1. The molecule has 5 nitrogen and oxygen atoms in total. The number of amidine groups is 1. The van der Waals surface area contributed by atoms with Crippen molar-refractivity contribution < 1.29 is 10.0 Å². The first-order chi connectivity index (χ1) is 8.65. The summed E-state index contributed by atoms with van der Waals surface area (Å²) in [7, 11) is 0. The zero-order valence-electron chi connectivity index (χ0n) is 10.9. The molecule has 102 valence electrons. The van der Waals surface area contributed by atoms with Crippen molar-refractivity contribution >= 4 is 11.7 Å². The first-order valence-electron chi connectivity index (χ1n) is 6.90. The molecule has 2 aliphatic carbocycles. The fourth-order valence-corrected chi connectivity index (χ4v) is 3.58. The largest absolute Gasteiger partial charge is 0.409 e. The average Bonchev–Trinajstić information content (AvgIpc) is 2.99. The SMILES string of the molecule is CCC(C(=O)NCC1CC2CCC1C2)C(N)=NO. The highest BCUT2D eigenvalue weighted by Gasteiger charge is 2.39. The summed E-state index contributed by atoms with van der Waals surface area (Å²) in [6, 6.07) is 0. The van der Waals surface area contributed by atoms with Crippen molar-refractivity contribution in [2.24, 2.45) is 34.6 Å². The molecule has 0 spiro atoms. The van der Waals surface area contributed by atoms with E-state index in [0.717, 1.165) is 18.4 Å². The van der Waals surface area contributed by atoms with Crippen LogP contribution in [0.15, 0.2) is 5.16 Å².